The van der Waals surface area contributed by atoms with E-state index in [0.717, 1.165) is 28.0 Å². The van der Waals surface area contributed by atoms with E-state index >= 15 is 0 Å². The maximum absolute atomic E-state index is 5.22. The number of nitrogens with zero attached hydrogens (tertiary/aromatic N) is 3. The largest absolute Gasteiger partial charge is 0.310 e. The highest BCUT2D eigenvalue weighted by Gasteiger charge is 2.38. The fourth-order valence-corrected chi connectivity index (χ4v) is 7.64. The average Bonchev–Trinajstić information content (AvgIpc) is 3.41. The van der Waals surface area contributed by atoms with E-state index in [1.807, 2.05) is 18.5 Å². The van der Waals surface area contributed by atoms with Crippen LogP contribution in [0.2, 0.25) is 0 Å². The van der Waals surface area contributed by atoms with Gasteiger partial charge in [0.05, 0.1) is 22.6 Å². The van der Waals surface area contributed by atoms with Crippen molar-refractivity contribution < 1.29 is 0 Å². The van der Waals surface area contributed by atoms with E-state index in [4.69, 9.17) is 4.98 Å². The number of fused-ring (bicyclic) bond motifs is 6. The van der Waals surface area contributed by atoms with Gasteiger partial charge in [0.1, 0.15) is 0 Å². The second kappa shape index (κ2) is 9.77. The molecule has 9 rings (SSSR count). The summed E-state index contributed by atoms with van der Waals surface area (Å²) in [4.78, 5) is 12.2. The smallest absolute Gasteiger partial charge is 0.245 e. The van der Waals surface area contributed by atoms with E-state index in [9.17, 15) is 0 Å². The van der Waals surface area contributed by atoms with Crippen LogP contribution in [0.1, 0.15) is 25.0 Å². The van der Waals surface area contributed by atoms with Crippen LogP contribution in [-0.4, -0.2) is 16.7 Å². The number of anilines is 3. The highest BCUT2D eigenvalue weighted by atomic mass is 15.2. The topological polar surface area (TPSA) is 29.0 Å². The minimum Gasteiger partial charge on any atom is -0.310 e. The Hall–Kier alpha value is -5.48. The minimum absolute atomic E-state index is 0.0513. The molecular formula is C41H30BN3. The summed E-state index contributed by atoms with van der Waals surface area (Å²) in [6.45, 7) is 4.72. The highest BCUT2D eigenvalue weighted by Crippen LogP contribution is 2.51. The Kier molecular flexibility index (Phi) is 5.64. The number of hydrogen-bond donors (Lipinski definition) is 0. The van der Waals surface area contributed by atoms with Gasteiger partial charge in [-0.1, -0.05) is 122 Å². The standard InChI is InChI=1S/C41H30BN3/c1-41(2)33-15-5-9-19-38(33)45(39-20-10-6-16-34(39)41)31-23-29(28-13-11-21-43-26-28)22-30(25-31)42-35-17-7-4-14-32(35)40-36(42)24-27-12-3-8-18-37(27)44-40/h3-26H,1-2H3. The number of pyridine rings is 2. The molecule has 0 atom stereocenters. The number of rotatable bonds is 3. The van der Waals surface area contributed by atoms with Gasteiger partial charge in [-0.3, -0.25) is 4.98 Å². The second-order valence-corrected chi connectivity index (χ2v) is 12.7. The predicted octanol–water partition coefficient (Wildman–Crippen LogP) is 7.90. The Morgan fingerprint density at radius 2 is 1.33 bits per heavy atom. The minimum atomic E-state index is -0.121. The van der Waals surface area contributed by atoms with Gasteiger partial charge >= 0.3 is 0 Å². The molecule has 0 aliphatic carbocycles. The second-order valence-electron chi connectivity index (χ2n) is 12.7. The first-order chi connectivity index (χ1) is 22.1. The van der Waals surface area contributed by atoms with E-state index in [2.05, 4.69) is 151 Å². The van der Waals surface area contributed by atoms with Crippen LogP contribution in [0.25, 0.3) is 33.3 Å². The fourth-order valence-electron chi connectivity index (χ4n) is 7.64. The molecule has 0 bridgehead atoms. The van der Waals surface area contributed by atoms with Crippen molar-refractivity contribution in [2.75, 3.05) is 4.90 Å². The monoisotopic (exact) mass is 575 g/mol. The maximum atomic E-state index is 5.22. The van der Waals surface area contributed by atoms with Crippen LogP contribution >= 0.6 is 0 Å². The van der Waals surface area contributed by atoms with Crippen molar-refractivity contribution in [3.63, 3.8) is 0 Å². The summed E-state index contributed by atoms with van der Waals surface area (Å²) >= 11 is 0. The van der Waals surface area contributed by atoms with Crippen molar-refractivity contribution >= 4 is 51.1 Å². The van der Waals surface area contributed by atoms with Crippen LogP contribution in [0.4, 0.5) is 17.1 Å². The number of para-hydroxylation sites is 3. The Bertz CT molecular complexity index is 2220. The molecule has 0 fully saturated rings. The van der Waals surface area contributed by atoms with Gasteiger partial charge in [-0.15, -0.1) is 0 Å². The summed E-state index contributed by atoms with van der Waals surface area (Å²) in [5.74, 6) is 0. The lowest BCUT2D eigenvalue weighted by molar-refractivity contribution is 0.632. The van der Waals surface area contributed by atoms with Crippen LogP contribution in [-0.2, 0) is 5.41 Å². The molecule has 7 aromatic rings. The number of hydrogen-bond acceptors (Lipinski definition) is 3. The molecular weight excluding hydrogens is 545 g/mol. The van der Waals surface area contributed by atoms with Crippen molar-refractivity contribution in [1.29, 1.82) is 0 Å². The summed E-state index contributed by atoms with van der Waals surface area (Å²) in [5, 5.41) is 1.17. The lowest BCUT2D eigenvalue weighted by Crippen LogP contribution is -2.49. The van der Waals surface area contributed by atoms with Crippen LogP contribution in [0.15, 0.2) is 146 Å². The Morgan fingerprint density at radius 1 is 0.622 bits per heavy atom. The van der Waals surface area contributed by atoms with Gasteiger partial charge in [-0.2, -0.15) is 0 Å². The molecule has 2 aliphatic heterocycles. The molecule has 4 heterocycles. The van der Waals surface area contributed by atoms with Crippen LogP contribution in [0.3, 0.4) is 0 Å². The first kappa shape index (κ1) is 26.0. The average molecular weight is 576 g/mol. The van der Waals surface area contributed by atoms with E-state index in [1.165, 1.54) is 49.8 Å². The molecule has 0 saturated carbocycles. The molecule has 2 aliphatic rings. The van der Waals surface area contributed by atoms with Gasteiger partial charge in [-0.05, 0) is 69.5 Å². The van der Waals surface area contributed by atoms with Gasteiger partial charge in [0.25, 0.3) is 0 Å². The van der Waals surface area contributed by atoms with Crippen molar-refractivity contribution in [2.45, 2.75) is 19.3 Å². The molecule has 0 spiro atoms. The molecule has 0 radical (unpaired) electrons. The summed E-state index contributed by atoms with van der Waals surface area (Å²) in [5.41, 5.74) is 15.5. The summed E-state index contributed by atoms with van der Waals surface area (Å²) in [6.07, 6.45) is 3.81. The van der Waals surface area contributed by atoms with Crippen molar-refractivity contribution in [2.24, 2.45) is 0 Å². The molecule has 0 saturated heterocycles. The van der Waals surface area contributed by atoms with Gasteiger partial charge in [0, 0.05) is 29.1 Å². The zero-order chi connectivity index (χ0) is 30.1. The van der Waals surface area contributed by atoms with E-state index in [1.54, 1.807) is 0 Å². The van der Waals surface area contributed by atoms with E-state index < -0.39 is 0 Å². The zero-order valence-corrected chi connectivity index (χ0v) is 25.3. The van der Waals surface area contributed by atoms with Crippen LogP contribution in [0.5, 0.6) is 0 Å². The summed E-state index contributed by atoms with van der Waals surface area (Å²) in [7, 11) is 0. The molecule has 0 unspecified atom stereocenters. The molecule has 3 nitrogen and oxygen atoms in total. The third-order valence-electron chi connectivity index (χ3n) is 9.75. The van der Waals surface area contributed by atoms with Crippen molar-refractivity contribution in [3.8, 4) is 22.4 Å². The molecule has 5 aromatic carbocycles. The lowest BCUT2D eigenvalue weighted by Gasteiger charge is -2.42. The molecule has 4 heteroatoms. The van der Waals surface area contributed by atoms with Gasteiger partial charge < -0.3 is 4.90 Å². The summed E-state index contributed by atoms with van der Waals surface area (Å²) in [6, 6.07) is 48.6. The molecule has 45 heavy (non-hydrogen) atoms. The summed E-state index contributed by atoms with van der Waals surface area (Å²) < 4.78 is 0. The normalized spacial score (nSPS) is 14.1. The zero-order valence-electron chi connectivity index (χ0n) is 25.3. The van der Waals surface area contributed by atoms with Crippen LogP contribution in [0, 0.1) is 0 Å². The van der Waals surface area contributed by atoms with Gasteiger partial charge in [0.2, 0.25) is 6.71 Å². The quantitative estimate of drug-likeness (QED) is 0.201. The Balaban J connectivity index is 1.33. The first-order valence-corrected chi connectivity index (χ1v) is 15.6. The maximum Gasteiger partial charge on any atom is 0.245 e. The number of aromatic nitrogens is 2. The van der Waals surface area contributed by atoms with Crippen molar-refractivity contribution in [3.05, 3.63) is 157 Å². The third-order valence-corrected chi connectivity index (χ3v) is 9.75. The van der Waals surface area contributed by atoms with E-state index in [-0.39, 0.29) is 12.1 Å². The Labute approximate surface area is 264 Å². The molecule has 212 valence electrons. The fraction of sp³-hybridized carbons (Fsp3) is 0.0732. The van der Waals surface area contributed by atoms with Gasteiger partial charge in [-0.25, -0.2) is 4.98 Å². The SMILES string of the molecule is CC1(C)c2ccccc2N(c2cc(B3c4ccccc4-c4nc5ccccc5cc43)cc(-c3cccnc3)c2)c2ccccc21. The number of benzene rings is 5. The molecule has 2 aromatic heterocycles. The van der Waals surface area contributed by atoms with Gasteiger partial charge in [0.15, 0.2) is 0 Å². The third kappa shape index (κ3) is 3.92. The lowest BCUT2D eigenvalue weighted by atomic mass is 9.39. The Morgan fingerprint density at radius 3 is 2.11 bits per heavy atom. The highest BCUT2D eigenvalue weighted by molar-refractivity contribution is 6.99. The first-order valence-electron chi connectivity index (χ1n) is 15.6. The molecule has 0 N–H and O–H groups in total. The molecule has 0 amide bonds. The van der Waals surface area contributed by atoms with Crippen LogP contribution < -0.4 is 21.3 Å². The van der Waals surface area contributed by atoms with E-state index in [0.29, 0.717) is 0 Å². The predicted molar refractivity (Wildman–Crippen MR) is 188 cm³/mol. The van der Waals surface area contributed by atoms with Crippen molar-refractivity contribution in [1.82, 2.24) is 9.97 Å².